The average molecular weight is 330 g/mol. The van der Waals surface area contributed by atoms with Gasteiger partial charge in [-0.3, -0.25) is 0 Å². The quantitative estimate of drug-likeness (QED) is 0.806. The third-order valence-corrected chi connectivity index (χ3v) is 3.25. The van der Waals surface area contributed by atoms with Gasteiger partial charge >= 0.3 is 5.97 Å². The van der Waals surface area contributed by atoms with E-state index >= 15 is 0 Å². The van der Waals surface area contributed by atoms with Gasteiger partial charge < -0.3 is 15.2 Å². The highest BCUT2D eigenvalue weighted by atomic mass is 79.9. The minimum absolute atomic E-state index is 0.422. The van der Waals surface area contributed by atoms with Crippen LogP contribution in [0.15, 0.2) is 22.7 Å². The summed E-state index contributed by atoms with van der Waals surface area (Å²) >= 11 is 3.42. The summed E-state index contributed by atoms with van der Waals surface area (Å²) in [5, 5.41) is 12.3. The molecule has 1 rings (SSSR count). The Labute approximate surface area is 122 Å². The molecule has 0 saturated heterocycles. The van der Waals surface area contributed by atoms with Gasteiger partial charge in [0.15, 0.2) is 6.10 Å². The maximum Gasteiger partial charge on any atom is 0.344 e. The lowest BCUT2D eigenvalue weighted by Gasteiger charge is -2.15. The van der Waals surface area contributed by atoms with E-state index in [2.05, 4.69) is 35.1 Å². The van der Waals surface area contributed by atoms with Crippen LogP contribution >= 0.6 is 15.9 Å². The van der Waals surface area contributed by atoms with Crippen LogP contribution in [0.5, 0.6) is 5.75 Å². The summed E-state index contributed by atoms with van der Waals surface area (Å²) < 4.78 is 6.24. The zero-order chi connectivity index (χ0) is 14.4. The van der Waals surface area contributed by atoms with Crippen molar-refractivity contribution in [2.45, 2.75) is 45.9 Å². The molecule has 4 nitrogen and oxygen atoms in total. The van der Waals surface area contributed by atoms with Crippen LogP contribution < -0.4 is 10.1 Å². The van der Waals surface area contributed by atoms with Gasteiger partial charge in [-0.25, -0.2) is 4.79 Å². The second-order valence-electron chi connectivity index (χ2n) is 4.65. The van der Waals surface area contributed by atoms with E-state index in [1.807, 2.05) is 12.1 Å². The highest BCUT2D eigenvalue weighted by molar-refractivity contribution is 9.10. The minimum Gasteiger partial charge on any atom is -0.479 e. The molecule has 0 heterocycles. The summed E-state index contributed by atoms with van der Waals surface area (Å²) in [4.78, 5) is 10.9. The van der Waals surface area contributed by atoms with Gasteiger partial charge in [-0.1, -0.05) is 26.8 Å². The number of ether oxygens (including phenoxy) is 1. The molecule has 1 aromatic rings. The van der Waals surface area contributed by atoms with Crippen molar-refractivity contribution in [1.29, 1.82) is 0 Å². The van der Waals surface area contributed by atoms with Crippen molar-refractivity contribution in [3.8, 4) is 5.75 Å². The maximum absolute atomic E-state index is 10.9. The van der Waals surface area contributed by atoms with Gasteiger partial charge in [0.05, 0.1) is 4.47 Å². The van der Waals surface area contributed by atoms with Crippen LogP contribution in [-0.2, 0) is 11.3 Å². The van der Waals surface area contributed by atoms with Crippen molar-refractivity contribution < 1.29 is 14.6 Å². The first kappa shape index (κ1) is 16.0. The molecule has 5 heteroatoms. The Kier molecular flexibility index (Phi) is 6.31. The van der Waals surface area contributed by atoms with Gasteiger partial charge in [0.2, 0.25) is 0 Å². The third kappa shape index (κ3) is 5.20. The molecule has 0 fully saturated rings. The SMILES string of the molecule is CCC(Oc1ccc(CNC(C)C)cc1Br)C(=O)O. The van der Waals surface area contributed by atoms with Gasteiger partial charge in [0.1, 0.15) is 5.75 Å². The van der Waals surface area contributed by atoms with E-state index in [0.29, 0.717) is 18.2 Å². The monoisotopic (exact) mass is 329 g/mol. The van der Waals surface area contributed by atoms with Crippen molar-refractivity contribution in [3.05, 3.63) is 28.2 Å². The Morgan fingerprint density at radius 2 is 2.16 bits per heavy atom. The molecule has 19 heavy (non-hydrogen) atoms. The smallest absolute Gasteiger partial charge is 0.344 e. The van der Waals surface area contributed by atoms with Crippen molar-refractivity contribution in [2.24, 2.45) is 0 Å². The molecule has 0 spiro atoms. The summed E-state index contributed by atoms with van der Waals surface area (Å²) in [5.41, 5.74) is 1.12. The molecular formula is C14H20BrNO3. The number of hydrogen-bond donors (Lipinski definition) is 2. The lowest BCUT2D eigenvalue weighted by molar-refractivity contribution is -0.145. The van der Waals surface area contributed by atoms with Gasteiger partial charge in [-0.05, 0) is 40.0 Å². The maximum atomic E-state index is 10.9. The Bertz CT molecular complexity index is 435. The Hall–Kier alpha value is -1.07. The molecule has 0 saturated carbocycles. The molecule has 0 aliphatic rings. The Morgan fingerprint density at radius 1 is 1.47 bits per heavy atom. The minimum atomic E-state index is -0.944. The summed E-state index contributed by atoms with van der Waals surface area (Å²) in [6, 6.07) is 6.10. The molecular weight excluding hydrogens is 310 g/mol. The van der Waals surface area contributed by atoms with Crippen LogP contribution in [0.25, 0.3) is 0 Å². The Morgan fingerprint density at radius 3 is 2.63 bits per heavy atom. The van der Waals surface area contributed by atoms with Crippen molar-refractivity contribution >= 4 is 21.9 Å². The van der Waals surface area contributed by atoms with E-state index in [1.165, 1.54) is 0 Å². The summed E-state index contributed by atoms with van der Waals surface area (Å²) in [6.07, 6.45) is -0.380. The number of aliphatic carboxylic acids is 1. The average Bonchev–Trinajstić information content (AvgIpc) is 2.34. The first-order chi connectivity index (χ1) is 8.93. The highest BCUT2D eigenvalue weighted by Crippen LogP contribution is 2.27. The molecule has 106 valence electrons. The fraction of sp³-hybridized carbons (Fsp3) is 0.500. The fourth-order valence-corrected chi connectivity index (χ4v) is 2.05. The summed E-state index contributed by atoms with van der Waals surface area (Å²) in [5.74, 6) is -0.387. The van der Waals surface area contributed by atoms with Crippen LogP contribution in [0.1, 0.15) is 32.8 Å². The van der Waals surface area contributed by atoms with Crippen molar-refractivity contribution in [3.63, 3.8) is 0 Å². The number of rotatable bonds is 7. The van der Waals surface area contributed by atoms with Gasteiger partial charge in [-0.15, -0.1) is 0 Å². The van der Waals surface area contributed by atoms with E-state index in [1.54, 1.807) is 13.0 Å². The van der Waals surface area contributed by atoms with Gasteiger partial charge in [0.25, 0.3) is 0 Å². The van der Waals surface area contributed by atoms with Crippen LogP contribution in [0.4, 0.5) is 0 Å². The second-order valence-corrected chi connectivity index (χ2v) is 5.51. The van der Waals surface area contributed by atoms with Gasteiger partial charge in [-0.2, -0.15) is 0 Å². The molecule has 0 aromatic heterocycles. The normalized spacial score (nSPS) is 12.5. The number of hydrogen-bond acceptors (Lipinski definition) is 3. The molecule has 1 atom stereocenters. The van der Waals surface area contributed by atoms with Crippen LogP contribution in [0.2, 0.25) is 0 Å². The molecule has 1 unspecified atom stereocenters. The van der Waals surface area contributed by atoms with Crippen LogP contribution in [0.3, 0.4) is 0 Å². The summed E-state index contributed by atoms with van der Waals surface area (Å²) in [7, 11) is 0. The zero-order valence-electron chi connectivity index (χ0n) is 11.4. The van der Waals surface area contributed by atoms with Crippen molar-refractivity contribution in [2.75, 3.05) is 0 Å². The number of halogens is 1. The molecule has 1 aromatic carbocycles. The number of carbonyl (C=O) groups is 1. The first-order valence-corrected chi connectivity index (χ1v) is 7.14. The molecule has 2 N–H and O–H groups in total. The number of carboxylic acids is 1. The molecule has 0 bridgehead atoms. The first-order valence-electron chi connectivity index (χ1n) is 6.35. The van der Waals surface area contributed by atoms with Crippen molar-refractivity contribution in [1.82, 2.24) is 5.32 Å². The highest BCUT2D eigenvalue weighted by Gasteiger charge is 2.18. The van der Waals surface area contributed by atoms with E-state index in [-0.39, 0.29) is 0 Å². The predicted molar refractivity (Wildman–Crippen MR) is 78.5 cm³/mol. The van der Waals surface area contributed by atoms with E-state index < -0.39 is 12.1 Å². The van der Waals surface area contributed by atoms with E-state index in [0.717, 1.165) is 16.6 Å². The predicted octanol–water partition coefficient (Wildman–Crippen LogP) is 3.19. The zero-order valence-corrected chi connectivity index (χ0v) is 13.0. The second kappa shape index (κ2) is 7.50. The van der Waals surface area contributed by atoms with E-state index in [4.69, 9.17) is 9.84 Å². The van der Waals surface area contributed by atoms with Crippen LogP contribution in [-0.4, -0.2) is 23.2 Å². The van der Waals surface area contributed by atoms with E-state index in [9.17, 15) is 4.79 Å². The molecule has 0 aliphatic carbocycles. The fourth-order valence-electron chi connectivity index (χ4n) is 1.53. The number of benzene rings is 1. The molecule has 0 aliphatic heterocycles. The van der Waals surface area contributed by atoms with Crippen LogP contribution in [0, 0.1) is 0 Å². The number of nitrogens with one attached hydrogen (secondary N) is 1. The largest absolute Gasteiger partial charge is 0.479 e. The van der Waals surface area contributed by atoms with Gasteiger partial charge in [0, 0.05) is 12.6 Å². The topological polar surface area (TPSA) is 58.6 Å². The lowest BCUT2D eigenvalue weighted by Crippen LogP contribution is -2.26. The lowest BCUT2D eigenvalue weighted by atomic mass is 10.2. The Balaban J connectivity index is 2.74. The molecule has 0 amide bonds. The molecule has 0 radical (unpaired) electrons. The number of carboxylic acid groups (broad SMARTS) is 1. The standard InChI is InChI=1S/C14H20BrNO3/c1-4-12(14(17)18)19-13-6-5-10(7-11(13)15)8-16-9(2)3/h5-7,9,12,16H,4,8H2,1-3H3,(H,17,18). The summed E-state index contributed by atoms with van der Waals surface area (Å²) in [6.45, 7) is 6.73. The third-order valence-electron chi connectivity index (χ3n) is 2.63.